The summed E-state index contributed by atoms with van der Waals surface area (Å²) in [6.07, 6.45) is 5.24. The Morgan fingerprint density at radius 1 is 0.562 bits per heavy atom. The molecule has 0 saturated carbocycles. The van der Waals surface area contributed by atoms with E-state index >= 15 is 0 Å². The molecule has 0 aliphatic heterocycles. The van der Waals surface area contributed by atoms with Crippen LogP contribution in [0.2, 0.25) is 12.1 Å². The third-order valence-electron chi connectivity index (χ3n) is 4.29. The van der Waals surface area contributed by atoms with Crippen LogP contribution in [0.3, 0.4) is 0 Å². The average Bonchev–Trinajstić information content (AvgIpc) is 2.79. The summed E-state index contributed by atoms with van der Waals surface area (Å²) in [6.45, 7) is 13.7. The third kappa shape index (κ3) is 16.3. The molecule has 0 aromatic heterocycles. The molecule has 1 atom stereocenters. The minimum absolute atomic E-state index is 0.637. The molecule has 32 heavy (non-hydrogen) atoms. The van der Waals surface area contributed by atoms with E-state index in [0.29, 0.717) is 26.4 Å². The lowest BCUT2D eigenvalue weighted by Crippen LogP contribution is -2.46. The molecule has 0 aromatic carbocycles. The molecule has 0 aliphatic carbocycles. The quantitative estimate of drug-likeness (QED) is 0.0638. The lowest BCUT2D eigenvalue weighted by molar-refractivity contribution is 0.0659. The van der Waals surface area contributed by atoms with Crippen molar-refractivity contribution in [3.05, 3.63) is 0 Å². The van der Waals surface area contributed by atoms with Crippen LogP contribution in [-0.2, 0) is 26.6 Å². The van der Waals surface area contributed by atoms with Gasteiger partial charge in [0.25, 0.3) is 0 Å². The van der Waals surface area contributed by atoms with Gasteiger partial charge in [-0.3, -0.25) is 0 Å². The van der Waals surface area contributed by atoms with Gasteiger partial charge < -0.3 is 26.6 Å². The van der Waals surface area contributed by atoms with E-state index in [0.717, 1.165) is 62.3 Å². The molecule has 0 aliphatic rings. The molecule has 0 amide bonds. The first-order valence-corrected chi connectivity index (χ1v) is 20.9. The molecule has 12 heteroatoms. The van der Waals surface area contributed by atoms with Gasteiger partial charge in [-0.15, -0.1) is 0 Å². The Labute approximate surface area is 215 Å². The van der Waals surface area contributed by atoms with Crippen molar-refractivity contribution in [2.24, 2.45) is 0 Å². The highest BCUT2D eigenvalue weighted by Gasteiger charge is 2.40. The highest BCUT2D eigenvalue weighted by Crippen LogP contribution is 2.44. The van der Waals surface area contributed by atoms with Gasteiger partial charge in [-0.1, -0.05) is 41.9 Å². The summed E-state index contributed by atoms with van der Waals surface area (Å²) in [7, 11) is 4.18. The molecule has 0 N–H and O–H groups in total. The largest absolute Gasteiger partial charge is 0.500 e. The molecule has 0 fully saturated rings. The second kappa shape index (κ2) is 23.0. The zero-order valence-electron chi connectivity index (χ0n) is 21.0. The van der Waals surface area contributed by atoms with Gasteiger partial charge in [-0.05, 0) is 66.1 Å². The molecule has 0 heterocycles. The maximum Gasteiger partial charge on any atom is 0.500 e. The van der Waals surface area contributed by atoms with Crippen molar-refractivity contribution in [2.75, 3.05) is 51.6 Å². The summed E-state index contributed by atoms with van der Waals surface area (Å²) in [5, 5.41) is 0. The van der Waals surface area contributed by atoms with E-state index in [1.165, 1.54) is 0 Å². The fraction of sp³-hybridized carbons (Fsp3) is 1.00. The van der Waals surface area contributed by atoms with E-state index < -0.39 is 17.6 Å². The molecule has 0 aromatic rings. The lowest BCUT2D eigenvalue weighted by atomic mass is 10.4. The molecule has 1 unspecified atom stereocenters. The van der Waals surface area contributed by atoms with Crippen LogP contribution in [0, 0.1) is 0 Å². The Hall–Kier alpha value is 1.59. The Balaban J connectivity index is 4.04. The van der Waals surface area contributed by atoms with Gasteiger partial charge >= 0.3 is 17.6 Å². The summed E-state index contributed by atoms with van der Waals surface area (Å²) in [4.78, 5) is 0. The maximum atomic E-state index is 6.14. The molecule has 0 saturated heterocycles. The standard InChI is InChI=1S/C20H46O6S4Si2/c1-7-12-16-26-32(23-10-4,24-11-5)20-14-18-28-30-29-27-17-13-19-31(21-6,22-9-3)25-15-8-2/h7-20H2,1-6H3. The predicted molar refractivity (Wildman–Crippen MR) is 149 cm³/mol. The van der Waals surface area contributed by atoms with Crippen LogP contribution in [-0.4, -0.2) is 69.3 Å². The SMILES string of the molecule is CCCCO[Si](CCCSSSSCCC[Si](OC)(OCC)OCCC)(OCC)OCC. The lowest BCUT2D eigenvalue weighted by Gasteiger charge is -2.29. The molecule has 0 radical (unpaired) electrons. The van der Waals surface area contributed by atoms with Crippen molar-refractivity contribution in [1.82, 2.24) is 0 Å². The van der Waals surface area contributed by atoms with Crippen molar-refractivity contribution in [2.45, 2.75) is 78.8 Å². The molecule has 0 spiro atoms. The van der Waals surface area contributed by atoms with Crippen molar-refractivity contribution in [1.29, 1.82) is 0 Å². The summed E-state index contributed by atoms with van der Waals surface area (Å²) in [5.74, 6) is 2.13. The summed E-state index contributed by atoms with van der Waals surface area (Å²) in [6, 6.07) is 1.77. The second-order valence-corrected chi connectivity index (χ2v) is 18.7. The van der Waals surface area contributed by atoms with Crippen LogP contribution in [0.4, 0.5) is 0 Å². The zero-order chi connectivity index (χ0) is 24.0. The van der Waals surface area contributed by atoms with Crippen LogP contribution in [0.15, 0.2) is 0 Å². The first kappa shape index (κ1) is 33.6. The number of hydrogen-bond donors (Lipinski definition) is 0. The van der Waals surface area contributed by atoms with E-state index in [1.54, 1.807) is 7.11 Å². The van der Waals surface area contributed by atoms with Gasteiger partial charge in [0.2, 0.25) is 0 Å². The zero-order valence-corrected chi connectivity index (χ0v) is 26.2. The minimum atomic E-state index is -2.52. The van der Waals surface area contributed by atoms with Gasteiger partial charge in [0.15, 0.2) is 0 Å². The fourth-order valence-electron chi connectivity index (χ4n) is 2.84. The summed E-state index contributed by atoms with van der Waals surface area (Å²) >= 11 is 0. The molecule has 0 bridgehead atoms. The Morgan fingerprint density at radius 3 is 1.53 bits per heavy atom. The van der Waals surface area contributed by atoms with Gasteiger partial charge in [0.05, 0.1) is 0 Å². The van der Waals surface area contributed by atoms with Crippen LogP contribution >= 0.6 is 41.2 Å². The molecule has 6 nitrogen and oxygen atoms in total. The van der Waals surface area contributed by atoms with E-state index in [-0.39, 0.29) is 0 Å². The van der Waals surface area contributed by atoms with E-state index in [1.807, 2.05) is 62.0 Å². The highest BCUT2D eigenvalue weighted by molar-refractivity contribution is 9.26. The van der Waals surface area contributed by atoms with Crippen molar-refractivity contribution >= 4 is 58.8 Å². The second-order valence-electron chi connectivity index (χ2n) is 6.91. The fourth-order valence-corrected chi connectivity index (χ4v) is 14.5. The Morgan fingerprint density at radius 2 is 1.06 bits per heavy atom. The average molecular weight is 567 g/mol. The molecule has 194 valence electrons. The van der Waals surface area contributed by atoms with E-state index in [2.05, 4.69) is 13.8 Å². The monoisotopic (exact) mass is 566 g/mol. The van der Waals surface area contributed by atoms with Gasteiger partial charge in [-0.25, -0.2) is 0 Å². The molecular formula is C20H46O6S4Si2. The normalized spacial score (nSPS) is 14.1. The maximum absolute atomic E-state index is 6.14. The number of unbranched alkanes of at least 4 members (excludes halogenated alkanes) is 1. The first-order chi connectivity index (χ1) is 15.6. The summed E-state index contributed by atoms with van der Waals surface area (Å²) in [5.41, 5.74) is 0. The van der Waals surface area contributed by atoms with Crippen molar-refractivity contribution < 1.29 is 26.6 Å². The Kier molecular flexibility index (Phi) is 24.2. The van der Waals surface area contributed by atoms with Crippen LogP contribution < -0.4 is 0 Å². The van der Waals surface area contributed by atoms with Crippen LogP contribution in [0.5, 0.6) is 0 Å². The molecular weight excluding hydrogens is 521 g/mol. The number of hydrogen-bond acceptors (Lipinski definition) is 10. The summed E-state index contributed by atoms with van der Waals surface area (Å²) < 4.78 is 35.7. The van der Waals surface area contributed by atoms with Crippen molar-refractivity contribution in [3.8, 4) is 0 Å². The van der Waals surface area contributed by atoms with Crippen LogP contribution in [0.1, 0.15) is 66.7 Å². The highest BCUT2D eigenvalue weighted by atomic mass is 33.7. The number of rotatable bonds is 25. The Bertz CT molecular complexity index is 412. The van der Waals surface area contributed by atoms with E-state index in [9.17, 15) is 0 Å². The van der Waals surface area contributed by atoms with Gasteiger partial charge in [0, 0.05) is 63.7 Å². The van der Waals surface area contributed by atoms with Crippen molar-refractivity contribution in [3.63, 3.8) is 0 Å². The predicted octanol–water partition coefficient (Wildman–Crippen LogP) is 7.32. The van der Waals surface area contributed by atoms with Crippen LogP contribution in [0.25, 0.3) is 0 Å². The third-order valence-corrected chi connectivity index (χ3v) is 17.0. The van der Waals surface area contributed by atoms with E-state index in [4.69, 9.17) is 26.6 Å². The molecule has 0 rings (SSSR count). The van der Waals surface area contributed by atoms with Gasteiger partial charge in [0.1, 0.15) is 0 Å². The first-order valence-electron chi connectivity index (χ1n) is 11.9. The van der Waals surface area contributed by atoms with Gasteiger partial charge in [-0.2, -0.15) is 0 Å². The minimum Gasteiger partial charge on any atom is -0.377 e. The topological polar surface area (TPSA) is 55.4 Å². The smallest absolute Gasteiger partial charge is 0.377 e.